The monoisotopic (exact) mass is 321 g/mol. The van der Waals surface area contributed by atoms with Crippen LogP contribution in [0, 0.1) is 5.82 Å². The minimum absolute atomic E-state index is 0.0755. The number of hydrogen-bond donors (Lipinski definition) is 1. The Morgan fingerprint density at radius 2 is 1.74 bits per heavy atom. The maximum absolute atomic E-state index is 12.7. The van der Waals surface area contributed by atoms with E-state index < -0.39 is 15.8 Å². The Bertz CT molecular complexity index is 707. The summed E-state index contributed by atoms with van der Waals surface area (Å²) < 4.78 is 38.9. The third-order valence-corrected chi connectivity index (χ3v) is 4.20. The molecule has 1 aromatic heterocycles. The van der Waals surface area contributed by atoms with Gasteiger partial charge in [-0.05, 0) is 24.3 Å². The molecule has 1 N–H and O–H groups in total. The van der Waals surface area contributed by atoms with Crippen molar-refractivity contribution < 1.29 is 12.8 Å². The average Bonchev–Trinajstić information content (AvgIpc) is 2.35. The Balaban J connectivity index is 2.36. The van der Waals surface area contributed by atoms with Crippen LogP contribution < -0.4 is 4.72 Å². The second-order valence-electron chi connectivity index (χ2n) is 3.39. The van der Waals surface area contributed by atoms with Crippen molar-refractivity contribution in [2.24, 2.45) is 0 Å². The van der Waals surface area contributed by atoms with Gasteiger partial charge in [-0.25, -0.2) is 22.8 Å². The number of hydrogen-bond acceptors (Lipinski definition) is 4. The number of aromatic nitrogens is 2. The lowest BCUT2D eigenvalue weighted by Gasteiger charge is -2.08. The van der Waals surface area contributed by atoms with Crippen molar-refractivity contribution in [3.63, 3.8) is 0 Å². The largest absolute Gasteiger partial charge is 0.263 e. The van der Waals surface area contributed by atoms with Crippen molar-refractivity contribution in [1.82, 2.24) is 9.97 Å². The van der Waals surface area contributed by atoms with Crippen LogP contribution in [0.25, 0.3) is 0 Å². The van der Waals surface area contributed by atoms with Gasteiger partial charge in [-0.15, -0.1) is 0 Å². The van der Waals surface area contributed by atoms with Gasteiger partial charge in [0, 0.05) is 0 Å². The third-order valence-electron chi connectivity index (χ3n) is 2.10. The molecule has 0 bridgehead atoms. The van der Waals surface area contributed by atoms with Gasteiger partial charge in [0.05, 0.1) is 4.90 Å². The second kappa shape index (κ2) is 5.28. The quantitative estimate of drug-likeness (QED) is 0.882. The molecule has 2 rings (SSSR count). The molecule has 0 amide bonds. The normalized spacial score (nSPS) is 11.3. The van der Waals surface area contributed by atoms with Crippen molar-refractivity contribution in [2.45, 2.75) is 4.90 Å². The lowest BCUT2D eigenvalue weighted by Crippen LogP contribution is -2.14. The first-order valence-corrected chi connectivity index (χ1v) is 7.08. The minimum atomic E-state index is -3.92. The maximum Gasteiger partial charge on any atom is 0.263 e. The fraction of sp³-hybridized carbons (Fsp3) is 0. The standard InChI is InChI=1S/C10H6Cl2FN3O2S/c11-8-9(12)14-5-15-10(8)16-19(17,18)7-3-1-6(13)2-4-7/h1-5H,(H,14,15,16). The van der Waals surface area contributed by atoms with Crippen molar-refractivity contribution in [2.75, 3.05) is 4.72 Å². The van der Waals surface area contributed by atoms with E-state index in [1.807, 2.05) is 0 Å². The molecule has 0 spiro atoms. The summed E-state index contributed by atoms with van der Waals surface area (Å²) >= 11 is 11.4. The molecule has 0 atom stereocenters. The van der Waals surface area contributed by atoms with Gasteiger partial charge in [0.2, 0.25) is 0 Å². The third kappa shape index (κ3) is 3.12. The van der Waals surface area contributed by atoms with Gasteiger partial charge in [0.25, 0.3) is 10.0 Å². The van der Waals surface area contributed by atoms with Crippen LogP contribution in [0.5, 0.6) is 0 Å². The van der Waals surface area contributed by atoms with Crippen LogP contribution in [-0.4, -0.2) is 18.4 Å². The molecule has 0 saturated carbocycles. The smallest absolute Gasteiger partial charge is 0.262 e. The first kappa shape index (κ1) is 14.0. The molecule has 0 aliphatic rings. The number of nitrogens with one attached hydrogen (secondary N) is 1. The lowest BCUT2D eigenvalue weighted by atomic mass is 10.4. The van der Waals surface area contributed by atoms with E-state index >= 15 is 0 Å². The molecule has 1 aromatic carbocycles. The summed E-state index contributed by atoms with van der Waals surface area (Å²) in [5, 5.41) is -0.191. The van der Waals surface area contributed by atoms with E-state index in [-0.39, 0.29) is 20.9 Å². The summed E-state index contributed by atoms with van der Waals surface area (Å²) in [6.45, 7) is 0. The number of rotatable bonds is 3. The van der Waals surface area contributed by atoms with Crippen LogP contribution in [0.15, 0.2) is 35.5 Å². The molecule has 0 radical (unpaired) electrons. The molecular weight excluding hydrogens is 316 g/mol. The number of benzene rings is 1. The summed E-state index contributed by atoms with van der Waals surface area (Å²) in [5.74, 6) is -0.687. The van der Waals surface area contributed by atoms with Crippen LogP contribution in [0.4, 0.5) is 10.2 Å². The zero-order valence-electron chi connectivity index (χ0n) is 9.14. The number of sulfonamides is 1. The van der Waals surface area contributed by atoms with E-state index in [2.05, 4.69) is 14.7 Å². The molecule has 5 nitrogen and oxygen atoms in total. The highest BCUT2D eigenvalue weighted by Gasteiger charge is 2.18. The SMILES string of the molecule is O=S(=O)(Nc1ncnc(Cl)c1Cl)c1ccc(F)cc1. The topological polar surface area (TPSA) is 72.0 Å². The molecule has 1 heterocycles. The molecule has 2 aromatic rings. The van der Waals surface area contributed by atoms with Crippen molar-refractivity contribution in [3.8, 4) is 0 Å². The van der Waals surface area contributed by atoms with E-state index in [0.29, 0.717) is 0 Å². The first-order chi connectivity index (χ1) is 8.90. The lowest BCUT2D eigenvalue weighted by molar-refractivity contribution is 0.599. The van der Waals surface area contributed by atoms with E-state index in [1.165, 1.54) is 0 Å². The van der Waals surface area contributed by atoms with Crippen molar-refractivity contribution >= 4 is 39.0 Å². The molecule has 0 unspecified atom stereocenters. The molecular formula is C10H6Cl2FN3O2S. The highest BCUT2D eigenvalue weighted by atomic mass is 35.5. The van der Waals surface area contributed by atoms with E-state index in [1.54, 1.807) is 0 Å². The highest BCUT2D eigenvalue weighted by Crippen LogP contribution is 2.27. The molecule has 9 heteroatoms. The van der Waals surface area contributed by atoms with Gasteiger partial charge in [0.15, 0.2) is 11.0 Å². The zero-order valence-corrected chi connectivity index (χ0v) is 11.5. The van der Waals surface area contributed by atoms with Gasteiger partial charge in [-0.2, -0.15) is 0 Å². The Hall–Kier alpha value is -1.44. The fourth-order valence-electron chi connectivity index (χ4n) is 1.22. The van der Waals surface area contributed by atoms with Crippen LogP contribution in [0.2, 0.25) is 10.2 Å². The van der Waals surface area contributed by atoms with Crippen LogP contribution in [0.3, 0.4) is 0 Å². The fourth-order valence-corrected chi connectivity index (χ4v) is 2.57. The summed E-state index contributed by atoms with van der Waals surface area (Å²) in [4.78, 5) is 7.14. The van der Waals surface area contributed by atoms with Gasteiger partial charge in [-0.1, -0.05) is 23.2 Å². The Labute approximate surface area is 118 Å². The number of halogens is 3. The minimum Gasteiger partial charge on any atom is -0.262 e. The maximum atomic E-state index is 12.7. The Kier molecular flexibility index (Phi) is 3.88. The van der Waals surface area contributed by atoms with Gasteiger partial charge in [-0.3, -0.25) is 4.72 Å². The van der Waals surface area contributed by atoms with Gasteiger partial charge < -0.3 is 0 Å². The summed E-state index contributed by atoms with van der Waals surface area (Å²) in [6, 6.07) is 4.30. The van der Waals surface area contributed by atoms with Crippen molar-refractivity contribution in [1.29, 1.82) is 0 Å². The first-order valence-electron chi connectivity index (χ1n) is 4.84. The summed E-state index contributed by atoms with van der Waals surface area (Å²) in [6.07, 6.45) is 1.07. The number of nitrogens with zero attached hydrogens (tertiary/aromatic N) is 2. The zero-order chi connectivity index (χ0) is 14.0. The summed E-state index contributed by atoms with van der Waals surface area (Å²) in [7, 11) is -3.92. The molecule has 0 fully saturated rings. The van der Waals surface area contributed by atoms with Crippen LogP contribution in [-0.2, 0) is 10.0 Å². The van der Waals surface area contributed by atoms with Crippen LogP contribution in [0.1, 0.15) is 0 Å². The Morgan fingerprint density at radius 1 is 1.11 bits per heavy atom. The van der Waals surface area contributed by atoms with Crippen molar-refractivity contribution in [3.05, 3.63) is 46.6 Å². The van der Waals surface area contributed by atoms with E-state index in [0.717, 1.165) is 30.6 Å². The average molecular weight is 322 g/mol. The van der Waals surface area contributed by atoms with Crippen LogP contribution >= 0.6 is 23.2 Å². The predicted octanol–water partition coefficient (Wildman–Crippen LogP) is 2.72. The molecule has 0 aliphatic carbocycles. The molecule has 0 aliphatic heterocycles. The molecule has 0 saturated heterocycles. The summed E-state index contributed by atoms with van der Waals surface area (Å²) in [5.41, 5.74) is 0. The predicted molar refractivity (Wildman–Crippen MR) is 69.3 cm³/mol. The number of anilines is 1. The van der Waals surface area contributed by atoms with Gasteiger partial charge >= 0.3 is 0 Å². The van der Waals surface area contributed by atoms with E-state index in [9.17, 15) is 12.8 Å². The second-order valence-corrected chi connectivity index (χ2v) is 5.80. The Morgan fingerprint density at radius 3 is 2.37 bits per heavy atom. The van der Waals surface area contributed by atoms with E-state index in [4.69, 9.17) is 23.2 Å². The molecule has 19 heavy (non-hydrogen) atoms. The molecule has 100 valence electrons. The van der Waals surface area contributed by atoms with Gasteiger partial charge in [0.1, 0.15) is 17.2 Å². The highest BCUT2D eigenvalue weighted by molar-refractivity contribution is 7.92.